The minimum Gasteiger partial charge on any atom is -0.486 e. The average Bonchev–Trinajstić information content (AvgIpc) is 2.38. The lowest BCUT2D eigenvalue weighted by molar-refractivity contribution is 0.289. The number of anilines is 1. The number of benzene rings is 1. The average molecular weight is 243 g/mol. The highest BCUT2D eigenvalue weighted by molar-refractivity contribution is 5.43. The van der Waals surface area contributed by atoms with Crippen LogP contribution in [0.15, 0.2) is 36.5 Å². The first-order valence-electron chi connectivity index (χ1n) is 5.22. The molecule has 0 fully saturated rings. The summed E-state index contributed by atoms with van der Waals surface area (Å²) in [5.74, 6) is -0.436. The van der Waals surface area contributed by atoms with E-state index < -0.39 is 5.82 Å². The number of nitriles is 1. The van der Waals surface area contributed by atoms with Crippen LogP contribution in [0.5, 0.6) is 5.75 Å². The summed E-state index contributed by atoms with van der Waals surface area (Å²) in [5, 5.41) is 8.85. The smallest absolute Gasteiger partial charge is 0.167 e. The molecule has 2 aromatic rings. The van der Waals surface area contributed by atoms with Gasteiger partial charge in [-0.1, -0.05) is 6.07 Å². The maximum atomic E-state index is 13.4. The van der Waals surface area contributed by atoms with Gasteiger partial charge >= 0.3 is 0 Å². The summed E-state index contributed by atoms with van der Waals surface area (Å²) in [6, 6.07) is 9.54. The van der Waals surface area contributed by atoms with E-state index in [-0.39, 0.29) is 18.1 Å². The second-order valence-corrected chi connectivity index (χ2v) is 3.60. The number of aromatic nitrogens is 1. The summed E-state index contributed by atoms with van der Waals surface area (Å²) >= 11 is 0. The quantitative estimate of drug-likeness (QED) is 0.839. The molecule has 0 aliphatic carbocycles. The zero-order valence-corrected chi connectivity index (χ0v) is 9.43. The number of nitrogens with two attached hydrogens (primary N) is 1. The molecular weight excluding hydrogens is 233 g/mol. The van der Waals surface area contributed by atoms with Gasteiger partial charge in [-0.2, -0.15) is 5.26 Å². The van der Waals surface area contributed by atoms with Gasteiger partial charge in [0.05, 0.1) is 0 Å². The van der Waals surface area contributed by atoms with Gasteiger partial charge in [0.1, 0.15) is 18.4 Å². The molecule has 5 heteroatoms. The zero-order chi connectivity index (χ0) is 13.0. The molecule has 0 aliphatic rings. The maximum Gasteiger partial charge on any atom is 0.167 e. The molecule has 2 N–H and O–H groups in total. The molecule has 1 aromatic carbocycles. The van der Waals surface area contributed by atoms with Crippen LogP contribution in [0.25, 0.3) is 0 Å². The van der Waals surface area contributed by atoms with E-state index in [0.29, 0.717) is 11.3 Å². The fourth-order valence-corrected chi connectivity index (χ4v) is 1.45. The molecule has 1 heterocycles. The fraction of sp³-hybridized carbons (Fsp3) is 0.0769. The molecule has 2 rings (SSSR count). The van der Waals surface area contributed by atoms with Crippen LogP contribution in [-0.2, 0) is 6.61 Å². The third kappa shape index (κ3) is 2.55. The summed E-state index contributed by atoms with van der Waals surface area (Å²) in [6.45, 7) is 0.0809. The SMILES string of the molecule is N#Cc1ncccc1COc1ccc(N)cc1F. The van der Waals surface area contributed by atoms with Crippen molar-refractivity contribution in [2.24, 2.45) is 0 Å². The molecule has 0 unspecified atom stereocenters. The lowest BCUT2D eigenvalue weighted by Gasteiger charge is -2.08. The number of nitrogen functional groups attached to an aromatic ring is 1. The van der Waals surface area contributed by atoms with Crippen LogP contribution in [0.4, 0.5) is 10.1 Å². The Kier molecular flexibility index (Phi) is 3.39. The van der Waals surface area contributed by atoms with Crippen LogP contribution in [0, 0.1) is 17.1 Å². The predicted octanol–water partition coefficient (Wildman–Crippen LogP) is 2.25. The lowest BCUT2D eigenvalue weighted by atomic mass is 10.2. The van der Waals surface area contributed by atoms with Crippen LogP contribution < -0.4 is 10.5 Å². The third-order valence-corrected chi connectivity index (χ3v) is 2.34. The Bertz CT molecular complexity index is 607. The van der Waals surface area contributed by atoms with E-state index in [4.69, 9.17) is 15.7 Å². The Morgan fingerprint density at radius 1 is 1.39 bits per heavy atom. The summed E-state index contributed by atoms with van der Waals surface area (Å²) < 4.78 is 18.7. The topological polar surface area (TPSA) is 71.9 Å². The summed E-state index contributed by atoms with van der Waals surface area (Å²) in [5.41, 5.74) is 6.64. The summed E-state index contributed by atoms with van der Waals surface area (Å²) in [4.78, 5) is 3.89. The standard InChI is InChI=1S/C13H10FN3O/c14-11-6-10(16)3-4-13(11)18-8-9-2-1-5-17-12(9)7-15/h1-6H,8,16H2. The molecule has 4 nitrogen and oxygen atoms in total. The van der Waals surface area contributed by atoms with E-state index in [1.54, 1.807) is 18.2 Å². The Morgan fingerprint density at radius 2 is 2.22 bits per heavy atom. The van der Waals surface area contributed by atoms with Gasteiger partial charge in [-0.05, 0) is 18.2 Å². The van der Waals surface area contributed by atoms with Gasteiger partial charge in [0.25, 0.3) is 0 Å². The predicted molar refractivity (Wildman–Crippen MR) is 64.1 cm³/mol. The van der Waals surface area contributed by atoms with Crippen molar-refractivity contribution in [3.8, 4) is 11.8 Å². The molecule has 0 atom stereocenters. The van der Waals surface area contributed by atoms with E-state index in [9.17, 15) is 4.39 Å². The number of hydrogen-bond donors (Lipinski definition) is 1. The van der Waals surface area contributed by atoms with Crippen molar-refractivity contribution < 1.29 is 9.13 Å². The molecule has 0 saturated carbocycles. The highest BCUT2D eigenvalue weighted by Crippen LogP contribution is 2.20. The van der Waals surface area contributed by atoms with Crippen molar-refractivity contribution in [1.29, 1.82) is 5.26 Å². The van der Waals surface area contributed by atoms with Gasteiger partial charge < -0.3 is 10.5 Å². The molecule has 0 aliphatic heterocycles. The number of rotatable bonds is 3. The number of ether oxygens (including phenoxy) is 1. The Labute approximate surface area is 103 Å². The van der Waals surface area contributed by atoms with Crippen LogP contribution >= 0.6 is 0 Å². The second-order valence-electron chi connectivity index (χ2n) is 3.60. The molecule has 0 saturated heterocycles. The maximum absolute atomic E-state index is 13.4. The number of hydrogen-bond acceptors (Lipinski definition) is 4. The van der Waals surface area contributed by atoms with Crippen LogP contribution in [0.2, 0.25) is 0 Å². The Hall–Kier alpha value is -2.61. The first-order valence-corrected chi connectivity index (χ1v) is 5.22. The highest BCUT2D eigenvalue weighted by Gasteiger charge is 2.06. The Morgan fingerprint density at radius 3 is 2.94 bits per heavy atom. The molecular formula is C13H10FN3O. The summed E-state index contributed by atoms with van der Waals surface area (Å²) in [7, 11) is 0. The van der Waals surface area contributed by atoms with Gasteiger partial charge in [0.15, 0.2) is 11.6 Å². The molecule has 1 aromatic heterocycles. The Balaban J connectivity index is 2.14. The fourth-order valence-electron chi connectivity index (χ4n) is 1.45. The molecule has 18 heavy (non-hydrogen) atoms. The first kappa shape index (κ1) is 11.9. The highest BCUT2D eigenvalue weighted by atomic mass is 19.1. The van der Waals surface area contributed by atoms with E-state index >= 15 is 0 Å². The molecule has 0 radical (unpaired) electrons. The molecule has 0 bridgehead atoms. The van der Waals surface area contributed by atoms with Gasteiger partial charge in [0, 0.05) is 23.5 Å². The zero-order valence-electron chi connectivity index (χ0n) is 9.43. The van der Waals surface area contributed by atoms with Crippen LogP contribution in [0.1, 0.15) is 11.3 Å². The van der Waals surface area contributed by atoms with Crippen molar-refractivity contribution in [2.45, 2.75) is 6.61 Å². The van der Waals surface area contributed by atoms with Crippen molar-refractivity contribution >= 4 is 5.69 Å². The number of nitrogens with zero attached hydrogens (tertiary/aromatic N) is 2. The van der Waals surface area contributed by atoms with Crippen molar-refractivity contribution in [1.82, 2.24) is 4.98 Å². The molecule has 0 spiro atoms. The number of pyridine rings is 1. The minimum atomic E-state index is -0.530. The third-order valence-electron chi connectivity index (χ3n) is 2.34. The van der Waals surface area contributed by atoms with Gasteiger partial charge in [-0.25, -0.2) is 9.37 Å². The number of halogens is 1. The first-order chi connectivity index (χ1) is 8.70. The molecule has 90 valence electrons. The normalized spacial score (nSPS) is 9.78. The van der Waals surface area contributed by atoms with Crippen LogP contribution in [-0.4, -0.2) is 4.98 Å². The summed E-state index contributed by atoms with van der Waals surface area (Å²) in [6.07, 6.45) is 1.52. The van der Waals surface area contributed by atoms with E-state index in [1.165, 1.54) is 18.3 Å². The monoisotopic (exact) mass is 243 g/mol. The van der Waals surface area contributed by atoms with Crippen LogP contribution in [0.3, 0.4) is 0 Å². The minimum absolute atomic E-state index is 0.0809. The van der Waals surface area contributed by atoms with Crippen molar-refractivity contribution in [3.05, 3.63) is 53.6 Å². The second kappa shape index (κ2) is 5.15. The van der Waals surface area contributed by atoms with E-state index in [2.05, 4.69) is 4.98 Å². The van der Waals surface area contributed by atoms with Gasteiger partial charge in [-0.15, -0.1) is 0 Å². The van der Waals surface area contributed by atoms with Gasteiger partial charge in [-0.3, -0.25) is 0 Å². The van der Waals surface area contributed by atoms with E-state index in [0.717, 1.165) is 0 Å². The van der Waals surface area contributed by atoms with E-state index in [1.807, 2.05) is 6.07 Å². The largest absolute Gasteiger partial charge is 0.486 e. The van der Waals surface area contributed by atoms with Crippen molar-refractivity contribution in [3.63, 3.8) is 0 Å². The van der Waals surface area contributed by atoms with Gasteiger partial charge in [0.2, 0.25) is 0 Å². The molecule has 0 amide bonds. The van der Waals surface area contributed by atoms with Crippen molar-refractivity contribution in [2.75, 3.05) is 5.73 Å². The lowest BCUT2D eigenvalue weighted by Crippen LogP contribution is -2.01.